The highest BCUT2D eigenvalue weighted by atomic mass is 35.5. The molecule has 2 aromatic carbocycles. The van der Waals surface area contributed by atoms with Crippen LogP contribution in [0, 0.1) is 25.7 Å². The molecule has 0 radical (unpaired) electrons. The van der Waals surface area contributed by atoms with Crippen LogP contribution in [-0.2, 0) is 0 Å². The molecule has 142 valence electrons. The summed E-state index contributed by atoms with van der Waals surface area (Å²) in [6.45, 7) is 4.10. The fraction of sp³-hybridized carbons (Fsp3) is 0.0833. The third kappa shape index (κ3) is 4.01. The van der Waals surface area contributed by atoms with Gasteiger partial charge in [0.15, 0.2) is 0 Å². The summed E-state index contributed by atoms with van der Waals surface area (Å²) in [6.07, 6.45) is 1.64. The molecule has 4 nitrogen and oxygen atoms in total. The van der Waals surface area contributed by atoms with Gasteiger partial charge < -0.3 is 10.7 Å². The molecule has 4 rings (SSSR count). The van der Waals surface area contributed by atoms with E-state index in [0.29, 0.717) is 10.7 Å². The molecule has 2 aromatic heterocycles. The van der Waals surface area contributed by atoms with Crippen molar-refractivity contribution in [2.24, 2.45) is 0 Å². The van der Waals surface area contributed by atoms with E-state index in [1.54, 1.807) is 6.20 Å². The van der Waals surface area contributed by atoms with Crippen LogP contribution >= 0.6 is 11.6 Å². The van der Waals surface area contributed by atoms with Crippen molar-refractivity contribution < 1.29 is 0 Å². The average molecular weight is 399 g/mol. The Morgan fingerprint density at radius 3 is 2.52 bits per heavy atom. The minimum absolute atomic E-state index is 0.218. The molecule has 0 saturated carbocycles. The highest BCUT2D eigenvalue weighted by molar-refractivity contribution is 6.30. The largest absolute Gasteiger partial charge is 0.368 e. The van der Waals surface area contributed by atoms with Crippen LogP contribution in [0.5, 0.6) is 0 Å². The van der Waals surface area contributed by atoms with Gasteiger partial charge in [0.25, 0.3) is 0 Å². The Kier molecular flexibility index (Phi) is 5.07. The summed E-state index contributed by atoms with van der Waals surface area (Å²) < 4.78 is 0. The van der Waals surface area contributed by atoms with Crippen LogP contribution in [0.4, 0.5) is 5.95 Å². The van der Waals surface area contributed by atoms with Crippen molar-refractivity contribution >= 4 is 17.5 Å². The quantitative estimate of drug-likeness (QED) is 0.445. The lowest BCUT2D eigenvalue weighted by Crippen LogP contribution is -1.96. The second-order valence-electron chi connectivity index (χ2n) is 6.80. The van der Waals surface area contributed by atoms with Crippen LogP contribution in [0.1, 0.15) is 22.3 Å². The molecule has 0 aliphatic carbocycles. The third-order valence-corrected chi connectivity index (χ3v) is 4.95. The van der Waals surface area contributed by atoms with Crippen molar-refractivity contribution in [3.8, 4) is 34.5 Å². The van der Waals surface area contributed by atoms with E-state index in [1.165, 1.54) is 0 Å². The molecular formula is C24H19ClN4. The van der Waals surface area contributed by atoms with Crippen molar-refractivity contribution in [2.75, 3.05) is 5.73 Å². The highest BCUT2D eigenvalue weighted by Gasteiger charge is 2.14. The van der Waals surface area contributed by atoms with Crippen molar-refractivity contribution in [2.45, 2.75) is 13.8 Å². The van der Waals surface area contributed by atoms with E-state index in [1.807, 2.05) is 68.4 Å². The highest BCUT2D eigenvalue weighted by Crippen LogP contribution is 2.31. The molecule has 0 bridgehead atoms. The van der Waals surface area contributed by atoms with Crippen molar-refractivity contribution in [1.82, 2.24) is 15.0 Å². The zero-order valence-electron chi connectivity index (χ0n) is 16.1. The lowest BCUT2D eigenvalue weighted by Gasteiger charge is -2.04. The SMILES string of the molecule is Cc1ccccc1C#Cc1cc(-c2cc(Cl)ccc2C)[nH]c1-c1ccnc(N)n1. The smallest absolute Gasteiger partial charge is 0.220 e. The Morgan fingerprint density at radius 1 is 0.931 bits per heavy atom. The first-order valence-corrected chi connectivity index (χ1v) is 9.55. The first-order chi connectivity index (χ1) is 14.0. The van der Waals surface area contributed by atoms with Crippen LogP contribution < -0.4 is 5.73 Å². The van der Waals surface area contributed by atoms with Gasteiger partial charge in [-0.2, -0.15) is 0 Å². The zero-order chi connectivity index (χ0) is 20.4. The molecule has 0 unspecified atom stereocenters. The summed E-state index contributed by atoms with van der Waals surface area (Å²) >= 11 is 6.23. The van der Waals surface area contributed by atoms with Gasteiger partial charge in [-0.25, -0.2) is 9.97 Å². The number of aromatic nitrogens is 3. The predicted octanol–water partition coefficient (Wildman–Crippen LogP) is 5.39. The predicted molar refractivity (Wildman–Crippen MR) is 119 cm³/mol. The number of nitrogens with zero attached hydrogens (tertiary/aromatic N) is 2. The van der Waals surface area contributed by atoms with Crippen LogP contribution in [0.3, 0.4) is 0 Å². The van der Waals surface area contributed by atoms with Gasteiger partial charge in [-0.15, -0.1) is 0 Å². The molecule has 0 spiro atoms. The maximum Gasteiger partial charge on any atom is 0.220 e. The second-order valence-corrected chi connectivity index (χ2v) is 7.23. The summed E-state index contributed by atoms with van der Waals surface area (Å²) in [7, 11) is 0. The standard InChI is InChI=1S/C24H19ClN4/c1-15-5-3-4-6-17(15)8-9-18-13-22(20-14-19(25)10-7-16(20)2)28-23(18)21-11-12-27-24(26)29-21/h3-7,10-14,28H,1-2H3,(H2,26,27,29). The van der Waals surface area contributed by atoms with E-state index >= 15 is 0 Å². The summed E-state index contributed by atoms with van der Waals surface area (Å²) in [5.74, 6) is 6.79. The van der Waals surface area contributed by atoms with Gasteiger partial charge in [0.2, 0.25) is 5.95 Å². The van der Waals surface area contributed by atoms with E-state index < -0.39 is 0 Å². The van der Waals surface area contributed by atoms with Gasteiger partial charge in [0, 0.05) is 28.0 Å². The van der Waals surface area contributed by atoms with Gasteiger partial charge in [-0.3, -0.25) is 0 Å². The Balaban J connectivity index is 1.88. The number of H-pyrrole nitrogens is 1. The number of rotatable bonds is 2. The first kappa shape index (κ1) is 18.8. The molecular weight excluding hydrogens is 380 g/mol. The Morgan fingerprint density at radius 2 is 1.72 bits per heavy atom. The summed E-state index contributed by atoms with van der Waals surface area (Å²) in [5.41, 5.74) is 13.3. The molecule has 29 heavy (non-hydrogen) atoms. The zero-order valence-corrected chi connectivity index (χ0v) is 16.9. The lowest BCUT2D eigenvalue weighted by atomic mass is 10.1. The maximum atomic E-state index is 6.23. The van der Waals surface area contributed by atoms with Gasteiger partial charge in [0.1, 0.15) is 0 Å². The number of nitrogen functional groups attached to an aromatic ring is 1. The number of benzene rings is 2. The molecule has 0 aliphatic rings. The van der Waals surface area contributed by atoms with Gasteiger partial charge >= 0.3 is 0 Å². The molecule has 3 N–H and O–H groups in total. The van der Waals surface area contributed by atoms with Crippen molar-refractivity contribution in [3.05, 3.63) is 88.1 Å². The van der Waals surface area contributed by atoms with Crippen molar-refractivity contribution in [1.29, 1.82) is 0 Å². The molecule has 0 atom stereocenters. The number of hydrogen-bond acceptors (Lipinski definition) is 3. The van der Waals surface area contributed by atoms with Gasteiger partial charge in [0.05, 0.1) is 17.0 Å². The van der Waals surface area contributed by atoms with Crippen LogP contribution in [0.2, 0.25) is 5.02 Å². The maximum absolute atomic E-state index is 6.23. The summed E-state index contributed by atoms with van der Waals surface area (Å²) in [6, 6.07) is 17.7. The number of anilines is 1. The molecule has 4 aromatic rings. The number of aryl methyl sites for hydroxylation is 2. The third-order valence-electron chi connectivity index (χ3n) is 4.71. The number of halogens is 1. The minimum Gasteiger partial charge on any atom is -0.368 e. The van der Waals surface area contributed by atoms with Crippen LogP contribution in [0.15, 0.2) is 60.8 Å². The lowest BCUT2D eigenvalue weighted by molar-refractivity contribution is 1.17. The minimum atomic E-state index is 0.218. The topological polar surface area (TPSA) is 67.6 Å². The molecule has 2 heterocycles. The Bertz CT molecular complexity index is 1260. The normalized spacial score (nSPS) is 10.4. The monoisotopic (exact) mass is 398 g/mol. The number of aromatic amines is 1. The van der Waals surface area contributed by atoms with Crippen molar-refractivity contribution in [3.63, 3.8) is 0 Å². The number of nitrogens with two attached hydrogens (primary N) is 1. The van der Waals surface area contributed by atoms with E-state index in [0.717, 1.165) is 39.2 Å². The van der Waals surface area contributed by atoms with E-state index in [2.05, 4.69) is 26.8 Å². The summed E-state index contributed by atoms with van der Waals surface area (Å²) in [5, 5.41) is 0.681. The second kappa shape index (κ2) is 7.83. The molecule has 0 fully saturated rings. The van der Waals surface area contributed by atoms with E-state index in [9.17, 15) is 0 Å². The Hall–Kier alpha value is -3.55. The molecule has 0 amide bonds. The fourth-order valence-electron chi connectivity index (χ4n) is 3.15. The Labute approximate surface area is 174 Å². The molecule has 0 aliphatic heterocycles. The van der Waals surface area contributed by atoms with E-state index in [-0.39, 0.29) is 5.95 Å². The van der Waals surface area contributed by atoms with Gasteiger partial charge in [-0.1, -0.05) is 47.7 Å². The average Bonchev–Trinajstić information content (AvgIpc) is 3.13. The van der Waals surface area contributed by atoms with E-state index in [4.69, 9.17) is 17.3 Å². The van der Waals surface area contributed by atoms with Gasteiger partial charge in [-0.05, 0) is 55.3 Å². The number of nitrogens with one attached hydrogen (secondary N) is 1. The first-order valence-electron chi connectivity index (χ1n) is 9.17. The van der Waals surface area contributed by atoms with Crippen LogP contribution in [0.25, 0.3) is 22.6 Å². The number of hydrogen-bond donors (Lipinski definition) is 2. The fourth-order valence-corrected chi connectivity index (χ4v) is 3.32. The molecule has 0 saturated heterocycles. The summed E-state index contributed by atoms with van der Waals surface area (Å²) in [4.78, 5) is 11.8. The molecule has 5 heteroatoms. The van der Waals surface area contributed by atoms with Crippen LogP contribution in [-0.4, -0.2) is 15.0 Å².